The van der Waals surface area contributed by atoms with Crippen molar-refractivity contribution in [3.63, 3.8) is 0 Å². The molecular formula is C13H25NO2. The van der Waals surface area contributed by atoms with Gasteiger partial charge in [-0.1, -0.05) is 13.8 Å². The van der Waals surface area contributed by atoms with Gasteiger partial charge in [0.05, 0.1) is 6.10 Å². The van der Waals surface area contributed by atoms with Crippen molar-refractivity contribution in [2.75, 3.05) is 19.7 Å². The molecule has 1 saturated heterocycles. The molecule has 0 spiro atoms. The Hall–Kier alpha value is -0.410. The van der Waals surface area contributed by atoms with Crippen LogP contribution >= 0.6 is 0 Å². The molecule has 1 heterocycles. The number of Topliss-reactive ketones (excluding diaryl/α,β-unsaturated/α-hetero) is 1. The van der Waals surface area contributed by atoms with E-state index in [-0.39, 0.29) is 23.9 Å². The molecule has 0 saturated carbocycles. The number of ketones is 1. The SMILES string of the molecule is CC(C)OCC(=O)C(C)(C)C1CCCNC1. The topological polar surface area (TPSA) is 38.3 Å². The second-order valence-corrected chi connectivity index (χ2v) is 5.55. The third kappa shape index (κ3) is 3.56. The zero-order valence-corrected chi connectivity index (χ0v) is 11.0. The molecule has 0 amide bonds. The number of piperidine rings is 1. The number of carbonyl (C=O) groups excluding carboxylic acids is 1. The van der Waals surface area contributed by atoms with E-state index in [2.05, 4.69) is 19.2 Å². The highest BCUT2D eigenvalue weighted by molar-refractivity contribution is 5.85. The Morgan fingerprint density at radius 2 is 2.19 bits per heavy atom. The van der Waals surface area contributed by atoms with Crippen LogP contribution in [0.25, 0.3) is 0 Å². The van der Waals surface area contributed by atoms with Crippen LogP contribution < -0.4 is 5.32 Å². The lowest BCUT2D eigenvalue weighted by Crippen LogP contribution is -2.44. The molecule has 1 N–H and O–H groups in total. The number of rotatable bonds is 5. The highest BCUT2D eigenvalue weighted by atomic mass is 16.5. The standard InChI is InChI=1S/C13H25NO2/c1-10(2)16-9-12(15)13(3,4)11-6-5-7-14-8-11/h10-11,14H,5-9H2,1-4H3. The number of ether oxygens (including phenoxy) is 1. The van der Waals surface area contributed by atoms with Gasteiger partial charge in [-0.15, -0.1) is 0 Å². The monoisotopic (exact) mass is 227 g/mol. The van der Waals surface area contributed by atoms with E-state index in [1.165, 1.54) is 6.42 Å². The average molecular weight is 227 g/mol. The predicted octanol–water partition coefficient (Wildman–Crippen LogP) is 2.01. The minimum Gasteiger partial charge on any atom is -0.371 e. The predicted molar refractivity (Wildman–Crippen MR) is 65.5 cm³/mol. The Kier molecular flexibility index (Phi) is 4.93. The van der Waals surface area contributed by atoms with E-state index in [0.717, 1.165) is 19.5 Å². The Labute approximate surface area is 98.9 Å². The van der Waals surface area contributed by atoms with Gasteiger partial charge in [-0.05, 0) is 45.7 Å². The van der Waals surface area contributed by atoms with Crippen molar-refractivity contribution in [3.8, 4) is 0 Å². The number of hydrogen-bond acceptors (Lipinski definition) is 3. The first-order chi connectivity index (χ1) is 7.44. The molecule has 16 heavy (non-hydrogen) atoms. The maximum Gasteiger partial charge on any atom is 0.164 e. The van der Waals surface area contributed by atoms with Gasteiger partial charge in [-0.3, -0.25) is 4.79 Å². The fraction of sp³-hybridized carbons (Fsp3) is 0.923. The number of nitrogens with one attached hydrogen (secondary N) is 1. The molecule has 94 valence electrons. The van der Waals surface area contributed by atoms with Crippen molar-refractivity contribution in [1.82, 2.24) is 5.32 Å². The van der Waals surface area contributed by atoms with Crippen LogP contribution in [-0.4, -0.2) is 31.6 Å². The molecule has 0 aromatic rings. The normalized spacial score (nSPS) is 22.4. The molecule has 1 atom stereocenters. The van der Waals surface area contributed by atoms with E-state index < -0.39 is 0 Å². The van der Waals surface area contributed by atoms with Gasteiger partial charge in [0.25, 0.3) is 0 Å². The molecule has 3 nitrogen and oxygen atoms in total. The summed E-state index contributed by atoms with van der Waals surface area (Å²) in [7, 11) is 0. The van der Waals surface area contributed by atoms with Gasteiger partial charge in [0.15, 0.2) is 5.78 Å². The van der Waals surface area contributed by atoms with Gasteiger partial charge >= 0.3 is 0 Å². The third-order valence-electron chi connectivity index (χ3n) is 3.58. The summed E-state index contributed by atoms with van der Waals surface area (Å²) in [6, 6.07) is 0. The molecule has 0 bridgehead atoms. The second-order valence-electron chi connectivity index (χ2n) is 5.55. The second kappa shape index (κ2) is 5.78. The third-order valence-corrected chi connectivity index (χ3v) is 3.58. The minimum absolute atomic E-state index is 0.129. The highest BCUT2D eigenvalue weighted by Crippen LogP contribution is 2.32. The fourth-order valence-corrected chi connectivity index (χ4v) is 2.12. The maximum atomic E-state index is 12.1. The van der Waals surface area contributed by atoms with Crippen LogP contribution in [0.4, 0.5) is 0 Å². The molecule has 0 aromatic heterocycles. The zero-order valence-electron chi connectivity index (χ0n) is 11.0. The molecule has 0 radical (unpaired) electrons. The number of carbonyl (C=O) groups is 1. The molecule has 3 heteroatoms. The van der Waals surface area contributed by atoms with E-state index in [9.17, 15) is 4.79 Å². The van der Waals surface area contributed by atoms with Crippen LogP contribution in [0.3, 0.4) is 0 Å². The van der Waals surface area contributed by atoms with E-state index >= 15 is 0 Å². The highest BCUT2D eigenvalue weighted by Gasteiger charge is 2.36. The van der Waals surface area contributed by atoms with Crippen molar-refractivity contribution < 1.29 is 9.53 Å². The lowest BCUT2D eigenvalue weighted by atomic mass is 9.72. The van der Waals surface area contributed by atoms with Crippen molar-refractivity contribution >= 4 is 5.78 Å². The summed E-state index contributed by atoms with van der Waals surface area (Å²) in [4.78, 5) is 12.1. The van der Waals surface area contributed by atoms with E-state index in [1.807, 2.05) is 13.8 Å². The van der Waals surface area contributed by atoms with Crippen molar-refractivity contribution in [2.24, 2.45) is 11.3 Å². The molecular weight excluding hydrogens is 202 g/mol. The van der Waals surface area contributed by atoms with Gasteiger partial charge in [-0.2, -0.15) is 0 Å². The smallest absolute Gasteiger partial charge is 0.164 e. The average Bonchev–Trinajstić information content (AvgIpc) is 2.27. The molecule has 1 fully saturated rings. The Morgan fingerprint density at radius 3 is 2.69 bits per heavy atom. The van der Waals surface area contributed by atoms with Crippen molar-refractivity contribution in [3.05, 3.63) is 0 Å². The van der Waals surface area contributed by atoms with Crippen LogP contribution in [0.5, 0.6) is 0 Å². The molecule has 0 aliphatic carbocycles. The van der Waals surface area contributed by atoms with Crippen LogP contribution in [0.15, 0.2) is 0 Å². The van der Waals surface area contributed by atoms with E-state index in [4.69, 9.17) is 4.74 Å². The van der Waals surface area contributed by atoms with Gasteiger partial charge in [-0.25, -0.2) is 0 Å². The van der Waals surface area contributed by atoms with E-state index in [0.29, 0.717) is 5.92 Å². The summed E-state index contributed by atoms with van der Waals surface area (Å²) < 4.78 is 5.41. The van der Waals surface area contributed by atoms with Crippen molar-refractivity contribution in [2.45, 2.75) is 46.6 Å². The first-order valence-corrected chi connectivity index (χ1v) is 6.30. The largest absolute Gasteiger partial charge is 0.371 e. The molecule has 1 aliphatic heterocycles. The van der Waals surface area contributed by atoms with Crippen LogP contribution in [-0.2, 0) is 9.53 Å². The molecule has 1 aliphatic rings. The summed E-state index contributed by atoms with van der Waals surface area (Å²) in [6.45, 7) is 10.3. The summed E-state index contributed by atoms with van der Waals surface area (Å²) in [6.07, 6.45) is 2.45. The number of hydrogen-bond donors (Lipinski definition) is 1. The van der Waals surface area contributed by atoms with Gasteiger partial charge in [0.1, 0.15) is 6.61 Å². The Bertz CT molecular complexity index is 230. The van der Waals surface area contributed by atoms with Crippen LogP contribution in [0, 0.1) is 11.3 Å². The summed E-state index contributed by atoms with van der Waals surface area (Å²) in [5, 5.41) is 3.37. The van der Waals surface area contributed by atoms with Gasteiger partial charge in [0, 0.05) is 5.41 Å². The summed E-state index contributed by atoms with van der Waals surface area (Å²) >= 11 is 0. The molecule has 1 unspecified atom stereocenters. The summed E-state index contributed by atoms with van der Waals surface area (Å²) in [5.74, 6) is 0.680. The molecule has 0 aromatic carbocycles. The lowest BCUT2D eigenvalue weighted by Gasteiger charge is -2.36. The van der Waals surface area contributed by atoms with Gasteiger partial charge in [0.2, 0.25) is 0 Å². The molecule has 1 rings (SSSR count). The van der Waals surface area contributed by atoms with Gasteiger partial charge < -0.3 is 10.1 Å². The summed E-state index contributed by atoms with van der Waals surface area (Å²) in [5.41, 5.74) is -0.262. The van der Waals surface area contributed by atoms with E-state index in [1.54, 1.807) is 0 Å². The Balaban J connectivity index is 2.50. The lowest BCUT2D eigenvalue weighted by molar-refractivity contribution is -0.136. The van der Waals surface area contributed by atoms with Crippen molar-refractivity contribution in [1.29, 1.82) is 0 Å². The minimum atomic E-state index is -0.262. The zero-order chi connectivity index (χ0) is 12.2. The van der Waals surface area contributed by atoms with Crippen LogP contribution in [0.1, 0.15) is 40.5 Å². The Morgan fingerprint density at radius 1 is 1.50 bits per heavy atom. The first kappa shape index (κ1) is 13.7. The maximum absolute atomic E-state index is 12.1. The quantitative estimate of drug-likeness (QED) is 0.781. The fourth-order valence-electron chi connectivity index (χ4n) is 2.12. The van der Waals surface area contributed by atoms with Crippen LogP contribution in [0.2, 0.25) is 0 Å². The first-order valence-electron chi connectivity index (χ1n) is 6.30.